The van der Waals surface area contributed by atoms with Crippen molar-refractivity contribution in [1.29, 1.82) is 0 Å². The average Bonchev–Trinajstić information content (AvgIpc) is 1.09. The zero-order valence-corrected chi connectivity index (χ0v) is 70.8. The summed E-state index contributed by atoms with van der Waals surface area (Å²) in [5.74, 6) is -0.587. The average molecular weight is 1540 g/mol. The molecule has 0 saturated carbocycles. The van der Waals surface area contributed by atoms with Crippen molar-refractivity contribution in [2.24, 2.45) is 11.8 Å². The lowest BCUT2D eigenvalue weighted by Gasteiger charge is -2.21. The first-order chi connectivity index (χ1) is 50.9. The van der Waals surface area contributed by atoms with Crippen LogP contribution in [0.2, 0.25) is 0 Å². The quantitative estimate of drug-likeness (QED) is 0.0222. The fraction of sp³-hybridized carbons (Fsp3) is 0.953. The van der Waals surface area contributed by atoms with E-state index >= 15 is 0 Å². The Morgan fingerprint density at radius 2 is 0.486 bits per heavy atom. The first-order valence-corrected chi connectivity index (χ1v) is 47.5. The lowest BCUT2D eigenvalue weighted by Crippen LogP contribution is -2.30. The van der Waals surface area contributed by atoms with Crippen LogP contribution in [0, 0.1) is 11.8 Å². The predicted molar refractivity (Wildman–Crippen MR) is 432 cm³/mol. The molecule has 105 heavy (non-hydrogen) atoms. The Hall–Kier alpha value is -1.94. The second-order valence-electron chi connectivity index (χ2n) is 31.6. The molecule has 0 heterocycles. The van der Waals surface area contributed by atoms with E-state index in [1.165, 1.54) is 270 Å². The number of esters is 4. The van der Waals surface area contributed by atoms with Crippen molar-refractivity contribution in [2.45, 2.75) is 477 Å². The van der Waals surface area contributed by atoms with Gasteiger partial charge in [-0.05, 0) is 37.5 Å². The SMILES string of the molecule is CCCCCCCCCCCCCCCCCCCCCCCCC(=O)O[C@H](COC(=O)CCCCCCCCCCCCCCCCCCC)COP(=O)(O)OC[C@@H](O)COP(=O)(O)OC[C@@H](COC(=O)CCCCCCCCC(C)CC)OC(=O)CCCCCCCCCCCCCCCC(C)C. The van der Waals surface area contributed by atoms with Gasteiger partial charge < -0.3 is 33.8 Å². The van der Waals surface area contributed by atoms with Crippen molar-refractivity contribution >= 4 is 39.5 Å². The van der Waals surface area contributed by atoms with E-state index in [-0.39, 0.29) is 25.7 Å². The number of phosphoric acid groups is 2. The van der Waals surface area contributed by atoms with Gasteiger partial charge in [0.2, 0.25) is 0 Å². The minimum atomic E-state index is -4.97. The Balaban J connectivity index is 5.22. The highest BCUT2D eigenvalue weighted by Crippen LogP contribution is 2.45. The minimum absolute atomic E-state index is 0.107. The van der Waals surface area contributed by atoms with Crippen LogP contribution in [0.15, 0.2) is 0 Å². The van der Waals surface area contributed by atoms with Gasteiger partial charge in [-0.25, -0.2) is 9.13 Å². The fourth-order valence-corrected chi connectivity index (χ4v) is 15.0. The molecule has 17 nitrogen and oxygen atoms in total. The van der Waals surface area contributed by atoms with E-state index in [9.17, 15) is 43.2 Å². The Morgan fingerprint density at radius 1 is 0.276 bits per heavy atom. The van der Waals surface area contributed by atoms with Crippen molar-refractivity contribution in [3.05, 3.63) is 0 Å². The summed E-state index contributed by atoms with van der Waals surface area (Å²) in [6.07, 6.45) is 69.6. The molecule has 0 rings (SSSR count). The number of carbonyl (C=O) groups excluding carboxylic acids is 4. The molecular formula is C86H168O17P2. The zero-order valence-electron chi connectivity index (χ0n) is 69.0. The number of rotatable bonds is 85. The van der Waals surface area contributed by atoms with Crippen LogP contribution < -0.4 is 0 Å². The van der Waals surface area contributed by atoms with Gasteiger partial charge >= 0.3 is 39.5 Å². The lowest BCUT2D eigenvalue weighted by molar-refractivity contribution is -0.161. The van der Waals surface area contributed by atoms with Gasteiger partial charge in [-0.15, -0.1) is 0 Å². The molecule has 0 aliphatic rings. The van der Waals surface area contributed by atoms with Crippen molar-refractivity contribution in [2.75, 3.05) is 39.6 Å². The topological polar surface area (TPSA) is 237 Å². The third-order valence-corrected chi connectivity index (χ3v) is 22.5. The third-order valence-electron chi connectivity index (χ3n) is 20.6. The molecule has 0 aromatic rings. The number of hydrogen-bond donors (Lipinski definition) is 3. The van der Waals surface area contributed by atoms with E-state index in [0.29, 0.717) is 25.7 Å². The molecule has 19 heteroatoms. The van der Waals surface area contributed by atoms with Crippen LogP contribution in [0.25, 0.3) is 0 Å². The summed E-state index contributed by atoms with van der Waals surface area (Å²) in [4.78, 5) is 73.2. The van der Waals surface area contributed by atoms with Gasteiger partial charge in [0.1, 0.15) is 19.3 Å². The normalized spacial score (nSPS) is 14.1. The molecule has 6 atom stereocenters. The smallest absolute Gasteiger partial charge is 0.462 e. The van der Waals surface area contributed by atoms with Gasteiger partial charge in [0.15, 0.2) is 12.2 Å². The molecule has 3 unspecified atom stereocenters. The second-order valence-corrected chi connectivity index (χ2v) is 34.6. The molecule has 0 aliphatic heterocycles. The summed E-state index contributed by atoms with van der Waals surface area (Å²) in [6, 6.07) is 0. The molecule has 0 spiro atoms. The van der Waals surface area contributed by atoms with Gasteiger partial charge in [0, 0.05) is 25.7 Å². The van der Waals surface area contributed by atoms with Crippen molar-refractivity contribution in [3.8, 4) is 0 Å². The predicted octanol–water partition coefficient (Wildman–Crippen LogP) is 26.2. The number of aliphatic hydroxyl groups is 1. The lowest BCUT2D eigenvalue weighted by atomic mass is 10.00. The molecule has 0 fully saturated rings. The van der Waals surface area contributed by atoms with Gasteiger partial charge in [-0.3, -0.25) is 37.3 Å². The summed E-state index contributed by atoms with van der Waals surface area (Å²) >= 11 is 0. The highest BCUT2D eigenvalue weighted by atomic mass is 31.2. The van der Waals surface area contributed by atoms with Gasteiger partial charge in [0.25, 0.3) is 0 Å². The molecule has 3 N–H and O–H groups in total. The summed E-state index contributed by atoms with van der Waals surface area (Å²) < 4.78 is 68.9. The van der Waals surface area contributed by atoms with Crippen molar-refractivity contribution in [1.82, 2.24) is 0 Å². The minimum Gasteiger partial charge on any atom is -0.462 e. The number of phosphoric ester groups is 2. The van der Waals surface area contributed by atoms with E-state index in [4.69, 9.17) is 37.0 Å². The van der Waals surface area contributed by atoms with Crippen LogP contribution in [0.4, 0.5) is 0 Å². The standard InChI is InChI=1S/C86H168O17P2/c1-7-10-12-14-16-18-20-22-24-26-27-28-29-30-32-34-38-42-46-50-58-64-70-85(90)102-81(74-96-83(88)68-62-56-49-45-41-37-33-31-25-23-21-19-17-15-13-11-8-2)76-100-104(92,93)98-72-80(87)73-99-105(94,95)101-77-82(75-97-84(89)69-63-57-53-52-55-61-67-79(6)9-3)103-86(91)71-65-59-51-47-43-39-35-36-40-44-48-54-60-66-78(4)5/h78-82,87H,7-77H2,1-6H3,(H,92,93)(H,94,95)/t79?,80-,81-,82-/m1/s1. The van der Waals surface area contributed by atoms with E-state index in [2.05, 4.69) is 41.5 Å². The number of hydrogen-bond acceptors (Lipinski definition) is 15. The van der Waals surface area contributed by atoms with Crippen LogP contribution in [-0.2, 0) is 65.4 Å². The number of carbonyl (C=O) groups is 4. The molecule has 0 amide bonds. The Kier molecular flexibility index (Phi) is 76.0. The van der Waals surface area contributed by atoms with Crippen LogP contribution in [-0.4, -0.2) is 96.7 Å². The highest BCUT2D eigenvalue weighted by molar-refractivity contribution is 7.47. The van der Waals surface area contributed by atoms with E-state index in [0.717, 1.165) is 108 Å². The van der Waals surface area contributed by atoms with Crippen LogP contribution in [0.5, 0.6) is 0 Å². The Bertz CT molecular complexity index is 2010. The zero-order chi connectivity index (χ0) is 77.1. The maximum absolute atomic E-state index is 13.1. The molecule has 0 aromatic heterocycles. The maximum Gasteiger partial charge on any atom is 0.472 e. The highest BCUT2D eigenvalue weighted by Gasteiger charge is 2.30. The molecular weight excluding hydrogens is 1370 g/mol. The van der Waals surface area contributed by atoms with Gasteiger partial charge in [-0.1, -0.05) is 408 Å². The summed E-state index contributed by atoms with van der Waals surface area (Å²) in [5.41, 5.74) is 0. The van der Waals surface area contributed by atoms with Crippen LogP contribution >= 0.6 is 15.6 Å². The first kappa shape index (κ1) is 103. The number of unbranched alkanes of at least 4 members (excludes halogenated alkanes) is 54. The van der Waals surface area contributed by atoms with Crippen molar-refractivity contribution < 1.29 is 80.2 Å². The first-order valence-electron chi connectivity index (χ1n) is 44.5. The van der Waals surface area contributed by atoms with Crippen molar-refractivity contribution in [3.63, 3.8) is 0 Å². The number of ether oxygens (including phenoxy) is 4. The Labute approximate surface area is 645 Å². The third kappa shape index (κ3) is 78.5. The molecule has 0 radical (unpaired) electrons. The number of aliphatic hydroxyl groups excluding tert-OH is 1. The second kappa shape index (κ2) is 77.4. The summed E-state index contributed by atoms with van der Waals surface area (Å²) in [5, 5.41) is 10.7. The van der Waals surface area contributed by atoms with Crippen LogP contribution in [0.1, 0.15) is 459 Å². The molecule has 0 saturated heterocycles. The van der Waals surface area contributed by atoms with E-state index in [1.54, 1.807) is 0 Å². The van der Waals surface area contributed by atoms with Crippen LogP contribution in [0.3, 0.4) is 0 Å². The summed E-state index contributed by atoms with van der Waals surface area (Å²) in [6.45, 7) is 9.64. The van der Waals surface area contributed by atoms with E-state index in [1.807, 2.05) is 0 Å². The van der Waals surface area contributed by atoms with E-state index < -0.39 is 97.5 Å². The Morgan fingerprint density at radius 3 is 0.724 bits per heavy atom. The maximum atomic E-state index is 13.1. The fourth-order valence-electron chi connectivity index (χ4n) is 13.4. The molecule has 0 bridgehead atoms. The molecule has 0 aromatic carbocycles. The monoisotopic (exact) mass is 1540 g/mol. The van der Waals surface area contributed by atoms with Gasteiger partial charge in [-0.2, -0.15) is 0 Å². The summed E-state index contributed by atoms with van der Waals surface area (Å²) in [7, 11) is -9.93. The van der Waals surface area contributed by atoms with Gasteiger partial charge in [0.05, 0.1) is 26.4 Å². The molecule has 624 valence electrons. The largest absolute Gasteiger partial charge is 0.472 e. The molecule has 0 aliphatic carbocycles.